The van der Waals surface area contributed by atoms with Crippen LogP contribution in [0.15, 0.2) is 30.3 Å². The van der Waals surface area contributed by atoms with E-state index in [9.17, 15) is 5.26 Å². The van der Waals surface area contributed by atoms with Crippen molar-refractivity contribution in [2.75, 3.05) is 13.1 Å². The van der Waals surface area contributed by atoms with Crippen LogP contribution in [0.2, 0.25) is 0 Å². The number of nitriles is 1. The van der Waals surface area contributed by atoms with Crippen molar-refractivity contribution >= 4 is 0 Å². The number of nitrogens with zero attached hydrogens (tertiary/aromatic N) is 2. The summed E-state index contributed by atoms with van der Waals surface area (Å²) in [7, 11) is 0. The molecule has 2 fully saturated rings. The molecule has 0 radical (unpaired) electrons. The van der Waals surface area contributed by atoms with E-state index in [0.717, 1.165) is 13.1 Å². The van der Waals surface area contributed by atoms with E-state index in [4.69, 9.17) is 0 Å². The monoisotopic (exact) mass is 269 g/mol. The molecule has 3 rings (SSSR count). The van der Waals surface area contributed by atoms with E-state index in [1.54, 1.807) is 0 Å². The van der Waals surface area contributed by atoms with Crippen molar-refractivity contribution in [1.29, 1.82) is 5.26 Å². The number of hydrogen-bond donors (Lipinski definition) is 1. The fourth-order valence-corrected chi connectivity index (χ4v) is 3.29. The molecule has 0 amide bonds. The Balaban J connectivity index is 1.77. The van der Waals surface area contributed by atoms with Crippen LogP contribution in [0.4, 0.5) is 0 Å². The van der Waals surface area contributed by atoms with E-state index in [1.165, 1.54) is 31.2 Å². The molecule has 1 saturated carbocycles. The Labute approximate surface area is 121 Å². The minimum atomic E-state index is 0.260. The van der Waals surface area contributed by atoms with Crippen molar-refractivity contribution in [2.24, 2.45) is 0 Å². The summed E-state index contributed by atoms with van der Waals surface area (Å²) in [6, 6.07) is 14.5. The molecule has 1 saturated heterocycles. The Morgan fingerprint density at radius 1 is 1.25 bits per heavy atom. The zero-order valence-corrected chi connectivity index (χ0v) is 12.0. The molecule has 2 aliphatic rings. The molecule has 2 atom stereocenters. The summed E-state index contributed by atoms with van der Waals surface area (Å²) in [5.41, 5.74) is 1.29. The van der Waals surface area contributed by atoms with Gasteiger partial charge >= 0.3 is 0 Å². The maximum atomic E-state index is 9.22. The summed E-state index contributed by atoms with van der Waals surface area (Å²) < 4.78 is 0. The lowest BCUT2D eigenvalue weighted by molar-refractivity contribution is 0.172. The number of hydrogen-bond acceptors (Lipinski definition) is 3. The fourth-order valence-electron chi connectivity index (χ4n) is 3.29. The van der Waals surface area contributed by atoms with Gasteiger partial charge in [0, 0.05) is 24.7 Å². The lowest BCUT2D eigenvalue weighted by Crippen LogP contribution is -2.41. The van der Waals surface area contributed by atoms with Crippen LogP contribution in [-0.2, 0) is 0 Å². The van der Waals surface area contributed by atoms with Crippen LogP contribution in [0.1, 0.15) is 43.7 Å². The van der Waals surface area contributed by atoms with Crippen molar-refractivity contribution in [3.8, 4) is 6.07 Å². The first-order valence-corrected chi connectivity index (χ1v) is 7.79. The maximum Gasteiger partial charge on any atom is 0.0641 e. The standard InChI is InChI=1S/C17H23N3/c18-11-10-17(14-5-2-1-3-6-14)20(16-8-9-16)13-15-7-4-12-19-15/h1-3,5-6,15-17,19H,4,7-10,12-13H2. The van der Waals surface area contributed by atoms with Gasteiger partial charge in [-0.2, -0.15) is 5.26 Å². The van der Waals surface area contributed by atoms with Gasteiger partial charge in [0.25, 0.3) is 0 Å². The van der Waals surface area contributed by atoms with Gasteiger partial charge < -0.3 is 5.32 Å². The molecular weight excluding hydrogens is 246 g/mol. The molecule has 1 aliphatic heterocycles. The zero-order chi connectivity index (χ0) is 13.8. The van der Waals surface area contributed by atoms with Gasteiger partial charge in [-0.05, 0) is 37.8 Å². The quantitative estimate of drug-likeness (QED) is 0.863. The second-order valence-corrected chi connectivity index (χ2v) is 6.01. The minimum absolute atomic E-state index is 0.260. The first-order chi connectivity index (χ1) is 9.88. The van der Waals surface area contributed by atoms with Gasteiger partial charge in [-0.3, -0.25) is 4.90 Å². The molecule has 3 nitrogen and oxygen atoms in total. The van der Waals surface area contributed by atoms with Crippen LogP contribution < -0.4 is 5.32 Å². The van der Waals surface area contributed by atoms with Crippen LogP contribution in [0, 0.1) is 11.3 Å². The maximum absolute atomic E-state index is 9.22. The number of rotatable bonds is 6. The van der Waals surface area contributed by atoms with Crippen molar-refractivity contribution in [3.63, 3.8) is 0 Å². The van der Waals surface area contributed by atoms with E-state index in [2.05, 4.69) is 40.6 Å². The molecule has 1 N–H and O–H groups in total. The van der Waals surface area contributed by atoms with E-state index < -0.39 is 0 Å². The fraction of sp³-hybridized carbons (Fsp3) is 0.588. The van der Waals surface area contributed by atoms with Crippen molar-refractivity contribution < 1.29 is 0 Å². The summed E-state index contributed by atoms with van der Waals surface area (Å²) in [6.45, 7) is 2.24. The predicted molar refractivity (Wildman–Crippen MR) is 80.2 cm³/mol. The summed E-state index contributed by atoms with van der Waals surface area (Å²) in [4.78, 5) is 2.58. The van der Waals surface area contributed by atoms with E-state index in [1.807, 2.05) is 6.07 Å². The molecular formula is C17H23N3. The van der Waals surface area contributed by atoms with Gasteiger partial charge in [-0.15, -0.1) is 0 Å². The van der Waals surface area contributed by atoms with Gasteiger partial charge in [0.15, 0.2) is 0 Å². The highest BCUT2D eigenvalue weighted by Gasteiger charge is 2.36. The molecule has 1 aromatic carbocycles. The average Bonchev–Trinajstić information content (AvgIpc) is 3.21. The van der Waals surface area contributed by atoms with Gasteiger partial charge in [0.2, 0.25) is 0 Å². The highest BCUT2D eigenvalue weighted by Crippen LogP contribution is 2.36. The molecule has 20 heavy (non-hydrogen) atoms. The van der Waals surface area contributed by atoms with Gasteiger partial charge in [0.1, 0.15) is 0 Å². The smallest absolute Gasteiger partial charge is 0.0641 e. The summed E-state index contributed by atoms with van der Waals surface area (Å²) in [6.07, 6.45) is 5.74. The third-order valence-electron chi connectivity index (χ3n) is 4.48. The first kappa shape index (κ1) is 13.6. The molecule has 1 aliphatic carbocycles. The number of nitrogens with one attached hydrogen (secondary N) is 1. The van der Waals surface area contributed by atoms with E-state index >= 15 is 0 Å². The van der Waals surface area contributed by atoms with Crippen LogP contribution in [0.25, 0.3) is 0 Å². The largest absolute Gasteiger partial charge is 0.313 e. The molecule has 1 aromatic rings. The third kappa shape index (κ3) is 3.20. The number of benzene rings is 1. The summed E-state index contributed by atoms with van der Waals surface area (Å²) in [5, 5.41) is 12.8. The van der Waals surface area contributed by atoms with Crippen molar-refractivity contribution in [3.05, 3.63) is 35.9 Å². The molecule has 106 valence electrons. The molecule has 0 spiro atoms. The predicted octanol–water partition coefficient (Wildman–Crippen LogP) is 2.86. The van der Waals surface area contributed by atoms with Crippen LogP contribution >= 0.6 is 0 Å². The normalized spacial score (nSPS) is 23.7. The third-order valence-corrected chi connectivity index (χ3v) is 4.48. The molecule has 1 heterocycles. The Bertz CT molecular complexity index is 455. The SMILES string of the molecule is N#CCC(c1ccccc1)N(CC1CCCN1)C1CC1. The van der Waals surface area contributed by atoms with Gasteiger partial charge in [-0.1, -0.05) is 30.3 Å². The Kier molecular flexibility index (Phi) is 4.34. The Morgan fingerprint density at radius 3 is 2.65 bits per heavy atom. The first-order valence-electron chi connectivity index (χ1n) is 7.79. The molecule has 0 aromatic heterocycles. The zero-order valence-electron chi connectivity index (χ0n) is 12.0. The summed E-state index contributed by atoms with van der Waals surface area (Å²) >= 11 is 0. The average molecular weight is 269 g/mol. The van der Waals surface area contributed by atoms with Crippen molar-refractivity contribution in [2.45, 2.75) is 50.2 Å². The van der Waals surface area contributed by atoms with Crippen molar-refractivity contribution in [1.82, 2.24) is 10.2 Å². The highest BCUT2D eigenvalue weighted by atomic mass is 15.2. The topological polar surface area (TPSA) is 39.1 Å². The van der Waals surface area contributed by atoms with E-state index in [0.29, 0.717) is 18.5 Å². The molecule has 0 bridgehead atoms. The molecule has 3 heteroatoms. The van der Waals surface area contributed by atoms with Crippen LogP contribution in [-0.4, -0.2) is 30.1 Å². The van der Waals surface area contributed by atoms with E-state index in [-0.39, 0.29) is 6.04 Å². The van der Waals surface area contributed by atoms with Gasteiger partial charge in [-0.25, -0.2) is 0 Å². The van der Waals surface area contributed by atoms with Gasteiger partial charge in [0.05, 0.1) is 12.5 Å². The minimum Gasteiger partial charge on any atom is -0.313 e. The Morgan fingerprint density at radius 2 is 2.05 bits per heavy atom. The van der Waals surface area contributed by atoms with Crippen LogP contribution in [0.3, 0.4) is 0 Å². The highest BCUT2D eigenvalue weighted by molar-refractivity contribution is 5.21. The molecule has 2 unspecified atom stereocenters. The summed E-state index contributed by atoms with van der Waals surface area (Å²) in [5.74, 6) is 0. The second-order valence-electron chi connectivity index (χ2n) is 6.01. The van der Waals surface area contributed by atoms with Crippen LogP contribution in [0.5, 0.6) is 0 Å². The Hall–Kier alpha value is -1.37. The lowest BCUT2D eigenvalue weighted by atomic mass is 10.0. The second kappa shape index (κ2) is 6.39. The lowest BCUT2D eigenvalue weighted by Gasteiger charge is -2.33.